The summed E-state index contributed by atoms with van der Waals surface area (Å²) >= 11 is 11.8. The lowest BCUT2D eigenvalue weighted by atomic mass is 10.1. The molecule has 3 aromatic carbocycles. The zero-order chi connectivity index (χ0) is 24.7. The van der Waals surface area contributed by atoms with Crippen molar-refractivity contribution >= 4 is 67.8 Å². The van der Waals surface area contributed by atoms with Gasteiger partial charge in [-0.3, -0.25) is 4.79 Å². The van der Waals surface area contributed by atoms with Crippen molar-refractivity contribution in [3.05, 3.63) is 89.9 Å². The minimum atomic E-state index is -0.523. The molecule has 5 nitrogen and oxygen atoms in total. The Morgan fingerprint density at radius 3 is 2.65 bits per heavy atom. The van der Waals surface area contributed by atoms with Gasteiger partial charge in [0.1, 0.15) is 18.2 Å². The largest absolute Gasteiger partial charge is 0.490 e. The van der Waals surface area contributed by atoms with Gasteiger partial charge in [-0.2, -0.15) is 5.26 Å². The highest BCUT2D eigenvalue weighted by atomic mass is 127. The lowest BCUT2D eigenvalue weighted by molar-refractivity contribution is -0.112. The van der Waals surface area contributed by atoms with Gasteiger partial charge in [-0.1, -0.05) is 51.8 Å². The summed E-state index contributed by atoms with van der Waals surface area (Å²) in [4.78, 5) is 12.7. The van der Waals surface area contributed by atoms with E-state index in [4.69, 9.17) is 21.1 Å². The standard InChI is InChI=1S/C26H21BrClIN2O3/c1-3-33-24-12-17(11-23(29)25(24)34-15-18-6-4-5-7-21(18)27)10-19(14-30)26(32)31-20-9-8-16(2)22(28)13-20/h4-13H,3,15H2,1-2H3,(H,31,32)/b19-10+. The highest BCUT2D eigenvalue weighted by Gasteiger charge is 2.15. The minimum Gasteiger partial charge on any atom is -0.490 e. The van der Waals surface area contributed by atoms with Crippen LogP contribution < -0.4 is 14.8 Å². The van der Waals surface area contributed by atoms with Gasteiger partial charge in [-0.15, -0.1) is 0 Å². The Bertz CT molecular complexity index is 1290. The summed E-state index contributed by atoms with van der Waals surface area (Å²) < 4.78 is 13.6. The van der Waals surface area contributed by atoms with E-state index in [-0.39, 0.29) is 5.57 Å². The number of halogens is 3. The maximum atomic E-state index is 12.7. The molecule has 174 valence electrons. The molecule has 0 unspecified atom stereocenters. The van der Waals surface area contributed by atoms with Crippen LogP contribution >= 0.6 is 50.1 Å². The number of hydrogen-bond acceptors (Lipinski definition) is 4. The van der Waals surface area contributed by atoms with Crippen molar-refractivity contribution in [1.82, 2.24) is 0 Å². The number of nitrogens with one attached hydrogen (secondary N) is 1. The molecular weight excluding hydrogens is 631 g/mol. The van der Waals surface area contributed by atoms with E-state index in [0.29, 0.717) is 41.0 Å². The number of carbonyl (C=O) groups is 1. The first-order chi connectivity index (χ1) is 16.3. The minimum absolute atomic E-state index is 0.0446. The first-order valence-electron chi connectivity index (χ1n) is 10.3. The number of benzene rings is 3. The topological polar surface area (TPSA) is 71.3 Å². The summed E-state index contributed by atoms with van der Waals surface area (Å²) in [6.45, 7) is 4.55. The normalized spacial score (nSPS) is 11.0. The number of ether oxygens (including phenoxy) is 2. The van der Waals surface area contributed by atoms with E-state index in [1.807, 2.05) is 50.2 Å². The predicted molar refractivity (Wildman–Crippen MR) is 147 cm³/mol. The van der Waals surface area contributed by atoms with Crippen LogP contribution in [0, 0.1) is 21.8 Å². The summed E-state index contributed by atoms with van der Waals surface area (Å²) in [5.41, 5.74) is 3.02. The van der Waals surface area contributed by atoms with E-state index in [0.717, 1.165) is 19.2 Å². The fourth-order valence-corrected chi connectivity index (χ4v) is 4.38. The molecular formula is C26H21BrClIN2O3. The summed E-state index contributed by atoms with van der Waals surface area (Å²) in [7, 11) is 0. The molecule has 0 radical (unpaired) electrons. The zero-order valence-corrected chi connectivity index (χ0v) is 23.0. The fraction of sp³-hybridized carbons (Fsp3) is 0.154. The lowest BCUT2D eigenvalue weighted by Crippen LogP contribution is -2.13. The van der Waals surface area contributed by atoms with Crippen molar-refractivity contribution in [1.29, 1.82) is 5.26 Å². The van der Waals surface area contributed by atoms with Crippen molar-refractivity contribution < 1.29 is 14.3 Å². The molecule has 34 heavy (non-hydrogen) atoms. The Morgan fingerprint density at radius 2 is 1.97 bits per heavy atom. The maximum Gasteiger partial charge on any atom is 0.266 e. The molecule has 0 saturated heterocycles. The van der Waals surface area contributed by atoms with E-state index in [9.17, 15) is 10.1 Å². The second-order valence-corrected chi connectivity index (χ2v) is 9.65. The third-order valence-electron chi connectivity index (χ3n) is 4.77. The monoisotopic (exact) mass is 650 g/mol. The van der Waals surface area contributed by atoms with Crippen LogP contribution in [0.15, 0.2) is 64.6 Å². The average Bonchev–Trinajstić information content (AvgIpc) is 2.80. The van der Waals surface area contributed by atoms with Gasteiger partial charge in [0.25, 0.3) is 5.91 Å². The van der Waals surface area contributed by atoms with Crippen LogP contribution in [0.25, 0.3) is 6.08 Å². The van der Waals surface area contributed by atoms with Crippen LogP contribution in [-0.4, -0.2) is 12.5 Å². The first-order valence-corrected chi connectivity index (χ1v) is 12.6. The number of carbonyl (C=O) groups excluding carboxylic acids is 1. The van der Waals surface area contributed by atoms with Crippen LogP contribution in [-0.2, 0) is 11.4 Å². The third-order valence-corrected chi connectivity index (χ3v) is 6.75. The quantitative estimate of drug-likeness (QED) is 0.155. The highest BCUT2D eigenvalue weighted by molar-refractivity contribution is 14.1. The second kappa shape index (κ2) is 12.2. The number of nitriles is 1. The molecule has 0 saturated carbocycles. The summed E-state index contributed by atoms with van der Waals surface area (Å²) in [5, 5.41) is 12.9. The van der Waals surface area contributed by atoms with Crippen LogP contribution in [0.5, 0.6) is 11.5 Å². The molecule has 0 aliphatic rings. The fourth-order valence-electron chi connectivity index (χ4n) is 3.02. The molecule has 3 aromatic rings. The SMILES string of the molecule is CCOc1cc(/C=C(\C#N)C(=O)Nc2ccc(C)c(Cl)c2)cc(I)c1OCc1ccccc1Br. The summed E-state index contributed by atoms with van der Waals surface area (Å²) in [6, 6.07) is 18.6. The lowest BCUT2D eigenvalue weighted by Gasteiger charge is -2.15. The Morgan fingerprint density at radius 1 is 1.21 bits per heavy atom. The van der Waals surface area contributed by atoms with E-state index < -0.39 is 5.91 Å². The number of rotatable bonds is 8. The zero-order valence-electron chi connectivity index (χ0n) is 18.5. The van der Waals surface area contributed by atoms with Crippen LogP contribution in [0.3, 0.4) is 0 Å². The van der Waals surface area contributed by atoms with Crippen molar-refractivity contribution in [3.8, 4) is 17.6 Å². The summed E-state index contributed by atoms with van der Waals surface area (Å²) in [6.07, 6.45) is 1.52. The smallest absolute Gasteiger partial charge is 0.266 e. The Kier molecular flexibility index (Phi) is 9.39. The molecule has 0 atom stereocenters. The van der Waals surface area contributed by atoms with Gasteiger partial charge >= 0.3 is 0 Å². The number of aryl methyl sites for hydroxylation is 1. The van der Waals surface area contributed by atoms with Crippen molar-refractivity contribution in [2.24, 2.45) is 0 Å². The van der Waals surface area contributed by atoms with Crippen molar-refractivity contribution in [2.75, 3.05) is 11.9 Å². The molecule has 0 spiro atoms. The second-order valence-electron chi connectivity index (χ2n) is 7.23. The van der Waals surface area contributed by atoms with Gasteiger partial charge in [0.15, 0.2) is 11.5 Å². The molecule has 0 bridgehead atoms. The maximum absolute atomic E-state index is 12.7. The molecule has 1 N–H and O–H groups in total. The molecule has 3 rings (SSSR count). The highest BCUT2D eigenvalue weighted by Crippen LogP contribution is 2.36. The van der Waals surface area contributed by atoms with Crippen LogP contribution in [0.1, 0.15) is 23.6 Å². The molecule has 1 amide bonds. The van der Waals surface area contributed by atoms with E-state index in [2.05, 4.69) is 43.8 Å². The third kappa shape index (κ3) is 6.75. The Labute approximate surface area is 226 Å². The van der Waals surface area contributed by atoms with E-state index in [1.165, 1.54) is 6.08 Å². The van der Waals surface area contributed by atoms with Crippen LogP contribution in [0.2, 0.25) is 5.02 Å². The van der Waals surface area contributed by atoms with E-state index in [1.54, 1.807) is 24.3 Å². The number of amides is 1. The molecule has 8 heteroatoms. The molecule has 0 aromatic heterocycles. The predicted octanol–water partition coefficient (Wildman–Crippen LogP) is 7.54. The molecule has 0 heterocycles. The van der Waals surface area contributed by atoms with Crippen molar-refractivity contribution in [3.63, 3.8) is 0 Å². The Balaban J connectivity index is 1.86. The van der Waals surface area contributed by atoms with Gasteiger partial charge in [-0.05, 0) is 84.0 Å². The average molecular weight is 652 g/mol. The van der Waals surface area contributed by atoms with Gasteiger partial charge in [0, 0.05) is 20.7 Å². The molecule has 0 aliphatic heterocycles. The first kappa shape index (κ1) is 26.1. The van der Waals surface area contributed by atoms with Gasteiger partial charge in [0.05, 0.1) is 10.2 Å². The molecule has 0 fully saturated rings. The van der Waals surface area contributed by atoms with Crippen LogP contribution in [0.4, 0.5) is 5.69 Å². The molecule has 0 aliphatic carbocycles. The summed E-state index contributed by atoms with van der Waals surface area (Å²) in [5.74, 6) is 0.618. The number of anilines is 1. The van der Waals surface area contributed by atoms with Gasteiger partial charge < -0.3 is 14.8 Å². The van der Waals surface area contributed by atoms with Gasteiger partial charge in [0.2, 0.25) is 0 Å². The van der Waals surface area contributed by atoms with Crippen molar-refractivity contribution in [2.45, 2.75) is 20.5 Å². The number of hydrogen-bond donors (Lipinski definition) is 1. The van der Waals surface area contributed by atoms with Gasteiger partial charge in [-0.25, -0.2) is 0 Å². The Hall–Kier alpha value is -2.54. The number of nitrogens with zero attached hydrogens (tertiary/aromatic N) is 1. The van der Waals surface area contributed by atoms with E-state index >= 15 is 0 Å².